The molecule has 5 heteroatoms. The van der Waals surface area contributed by atoms with E-state index in [-0.39, 0.29) is 5.91 Å². The zero-order chi connectivity index (χ0) is 16.9. The van der Waals surface area contributed by atoms with E-state index in [1.54, 1.807) is 19.1 Å². The van der Waals surface area contributed by atoms with Crippen molar-refractivity contribution >= 4 is 23.3 Å². The topological polar surface area (TPSA) is 70.2 Å². The first-order chi connectivity index (χ1) is 11.6. The Balaban J connectivity index is 1.54. The summed E-state index contributed by atoms with van der Waals surface area (Å²) in [4.78, 5) is 24.2. The molecule has 3 amide bonds. The summed E-state index contributed by atoms with van der Waals surface area (Å²) in [6.07, 6.45) is 3.35. The first-order valence-corrected chi connectivity index (χ1v) is 8.17. The van der Waals surface area contributed by atoms with Gasteiger partial charge in [-0.15, -0.1) is 0 Å². The molecule has 3 N–H and O–H groups in total. The molecule has 0 saturated heterocycles. The van der Waals surface area contributed by atoms with Crippen molar-refractivity contribution in [2.24, 2.45) is 0 Å². The summed E-state index contributed by atoms with van der Waals surface area (Å²) in [6.45, 7) is 1.66. The van der Waals surface area contributed by atoms with E-state index < -0.39 is 12.1 Å². The molecule has 0 aliphatic heterocycles. The van der Waals surface area contributed by atoms with Crippen LogP contribution in [0, 0.1) is 0 Å². The Hall–Kier alpha value is -2.82. The van der Waals surface area contributed by atoms with Gasteiger partial charge >= 0.3 is 6.03 Å². The van der Waals surface area contributed by atoms with Crippen molar-refractivity contribution in [3.8, 4) is 0 Å². The zero-order valence-electron chi connectivity index (χ0n) is 13.6. The van der Waals surface area contributed by atoms with Crippen LogP contribution in [0.1, 0.15) is 24.5 Å². The fraction of sp³-hybridized carbons (Fsp3) is 0.263. The zero-order valence-corrected chi connectivity index (χ0v) is 13.6. The third kappa shape index (κ3) is 3.93. The molecule has 0 bridgehead atoms. The van der Waals surface area contributed by atoms with Gasteiger partial charge in [-0.1, -0.05) is 24.3 Å². The number of amides is 3. The summed E-state index contributed by atoms with van der Waals surface area (Å²) < 4.78 is 0. The molecule has 124 valence electrons. The number of aryl methyl sites for hydroxylation is 2. The molecule has 0 fully saturated rings. The Morgan fingerprint density at radius 2 is 1.67 bits per heavy atom. The lowest BCUT2D eigenvalue weighted by molar-refractivity contribution is -0.117. The molecule has 5 nitrogen and oxygen atoms in total. The lowest BCUT2D eigenvalue weighted by Crippen LogP contribution is -2.43. The molecule has 0 aromatic heterocycles. The van der Waals surface area contributed by atoms with Crippen LogP contribution in [0.25, 0.3) is 0 Å². The highest BCUT2D eigenvalue weighted by molar-refractivity contribution is 5.99. The van der Waals surface area contributed by atoms with Crippen molar-refractivity contribution in [2.75, 3.05) is 10.6 Å². The van der Waals surface area contributed by atoms with Gasteiger partial charge in [0.1, 0.15) is 6.04 Å². The molecule has 3 rings (SSSR count). The van der Waals surface area contributed by atoms with Crippen LogP contribution < -0.4 is 16.0 Å². The number of carbonyl (C=O) groups excluding carboxylic acids is 2. The van der Waals surface area contributed by atoms with Gasteiger partial charge in [0.2, 0.25) is 5.91 Å². The normalized spacial score (nSPS) is 13.7. The van der Waals surface area contributed by atoms with E-state index in [0.717, 1.165) is 18.5 Å². The molecule has 1 aliphatic rings. The Morgan fingerprint density at radius 1 is 0.917 bits per heavy atom. The van der Waals surface area contributed by atoms with Gasteiger partial charge in [-0.25, -0.2) is 4.79 Å². The lowest BCUT2D eigenvalue weighted by atomic mass is 10.1. The minimum absolute atomic E-state index is 0.240. The van der Waals surface area contributed by atoms with E-state index in [0.29, 0.717) is 5.69 Å². The highest BCUT2D eigenvalue weighted by atomic mass is 16.2. The Kier molecular flexibility index (Phi) is 4.79. The maximum Gasteiger partial charge on any atom is 0.319 e. The number of benzene rings is 2. The molecule has 2 aromatic rings. The smallest absolute Gasteiger partial charge is 0.319 e. The summed E-state index contributed by atoms with van der Waals surface area (Å²) in [5, 5.41) is 8.19. The van der Waals surface area contributed by atoms with Crippen molar-refractivity contribution in [1.29, 1.82) is 0 Å². The second-order valence-electron chi connectivity index (χ2n) is 6.01. The Morgan fingerprint density at radius 3 is 2.46 bits per heavy atom. The number of carbonyl (C=O) groups is 2. The number of hydrogen-bond donors (Lipinski definition) is 3. The van der Waals surface area contributed by atoms with E-state index in [4.69, 9.17) is 0 Å². The third-order valence-electron chi connectivity index (χ3n) is 4.14. The first kappa shape index (κ1) is 16.1. The van der Waals surface area contributed by atoms with Crippen molar-refractivity contribution in [3.63, 3.8) is 0 Å². The molecule has 0 radical (unpaired) electrons. The van der Waals surface area contributed by atoms with Crippen molar-refractivity contribution < 1.29 is 9.59 Å². The molecule has 1 aliphatic carbocycles. The van der Waals surface area contributed by atoms with Crippen LogP contribution in [0.2, 0.25) is 0 Å². The van der Waals surface area contributed by atoms with Gasteiger partial charge in [-0.3, -0.25) is 4.79 Å². The number of nitrogens with one attached hydrogen (secondary N) is 3. The van der Waals surface area contributed by atoms with E-state index in [1.807, 2.05) is 30.3 Å². The molecule has 24 heavy (non-hydrogen) atoms. The molecule has 1 atom stereocenters. The summed E-state index contributed by atoms with van der Waals surface area (Å²) in [5.74, 6) is -0.240. The van der Waals surface area contributed by atoms with Gasteiger partial charge in [0, 0.05) is 11.4 Å². The predicted molar refractivity (Wildman–Crippen MR) is 95.2 cm³/mol. The fourth-order valence-corrected chi connectivity index (χ4v) is 2.85. The molecular weight excluding hydrogens is 302 g/mol. The number of hydrogen-bond acceptors (Lipinski definition) is 2. The van der Waals surface area contributed by atoms with Crippen LogP contribution >= 0.6 is 0 Å². The highest BCUT2D eigenvalue weighted by Crippen LogP contribution is 2.24. The van der Waals surface area contributed by atoms with Crippen molar-refractivity contribution in [3.05, 3.63) is 59.7 Å². The van der Waals surface area contributed by atoms with Gasteiger partial charge in [0.05, 0.1) is 0 Å². The number of fused-ring (bicyclic) bond motifs is 1. The quantitative estimate of drug-likeness (QED) is 0.808. The van der Waals surface area contributed by atoms with Crippen LogP contribution in [0.4, 0.5) is 16.2 Å². The minimum Gasteiger partial charge on any atom is -0.326 e. The summed E-state index contributed by atoms with van der Waals surface area (Å²) in [5.41, 5.74) is 4.12. The van der Waals surface area contributed by atoms with Crippen LogP contribution in [0.3, 0.4) is 0 Å². The van der Waals surface area contributed by atoms with Crippen LogP contribution in [0.15, 0.2) is 48.5 Å². The van der Waals surface area contributed by atoms with E-state index >= 15 is 0 Å². The number of anilines is 2. The molecule has 0 spiro atoms. The molecular formula is C19H21N3O2. The third-order valence-corrected chi connectivity index (χ3v) is 4.14. The van der Waals surface area contributed by atoms with Gasteiger partial charge in [-0.05, 0) is 61.6 Å². The summed E-state index contributed by atoms with van der Waals surface area (Å²) in [6, 6.07) is 14.1. The number of rotatable bonds is 4. The van der Waals surface area contributed by atoms with E-state index in [2.05, 4.69) is 22.0 Å². The fourth-order valence-electron chi connectivity index (χ4n) is 2.85. The summed E-state index contributed by atoms with van der Waals surface area (Å²) >= 11 is 0. The van der Waals surface area contributed by atoms with Crippen molar-refractivity contribution in [1.82, 2.24) is 5.32 Å². The molecule has 0 heterocycles. The van der Waals surface area contributed by atoms with E-state index in [1.165, 1.54) is 17.5 Å². The molecule has 2 aromatic carbocycles. The van der Waals surface area contributed by atoms with Crippen LogP contribution in [0.5, 0.6) is 0 Å². The second-order valence-corrected chi connectivity index (χ2v) is 6.01. The van der Waals surface area contributed by atoms with E-state index in [9.17, 15) is 9.59 Å². The standard InChI is InChI=1S/C19H21N3O2/c1-13(20-19(24)22-16-8-3-2-4-9-16)18(23)21-17-11-10-14-6-5-7-15(14)12-17/h2-4,8-13H,5-7H2,1H3,(H,21,23)(H2,20,22,24)/t13-/m0/s1. The Labute approximate surface area is 141 Å². The first-order valence-electron chi connectivity index (χ1n) is 8.17. The van der Waals surface area contributed by atoms with Gasteiger partial charge in [0.25, 0.3) is 0 Å². The Bertz CT molecular complexity index is 744. The van der Waals surface area contributed by atoms with Gasteiger partial charge < -0.3 is 16.0 Å². The largest absolute Gasteiger partial charge is 0.326 e. The average molecular weight is 323 g/mol. The maximum atomic E-state index is 12.2. The predicted octanol–water partition coefficient (Wildman–Crippen LogP) is 3.32. The maximum absolute atomic E-state index is 12.2. The lowest BCUT2D eigenvalue weighted by Gasteiger charge is -2.15. The second kappa shape index (κ2) is 7.17. The number of urea groups is 1. The monoisotopic (exact) mass is 323 g/mol. The van der Waals surface area contributed by atoms with Crippen LogP contribution in [-0.2, 0) is 17.6 Å². The number of para-hydroxylation sites is 1. The summed E-state index contributed by atoms with van der Waals surface area (Å²) in [7, 11) is 0. The molecule has 0 unspecified atom stereocenters. The van der Waals surface area contributed by atoms with Gasteiger partial charge in [-0.2, -0.15) is 0 Å². The highest BCUT2D eigenvalue weighted by Gasteiger charge is 2.17. The van der Waals surface area contributed by atoms with Crippen LogP contribution in [-0.4, -0.2) is 18.0 Å². The average Bonchev–Trinajstić information content (AvgIpc) is 3.03. The van der Waals surface area contributed by atoms with Crippen molar-refractivity contribution in [2.45, 2.75) is 32.2 Å². The van der Waals surface area contributed by atoms with Gasteiger partial charge in [0.15, 0.2) is 0 Å². The molecule has 0 saturated carbocycles. The minimum atomic E-state index is -0.637. The SMILES string of the molecule is C[C@H](NC(=O)Nc1ccccc1)C(=O)Nc1ccc2c(c1)CCC2.